The third kappa shape index (κ3) is 2.30. The van der Waals surface area contributed by atoms with Crippen LogP contribution in [0.2, 0.25) is 0 Å². The van der Waals surface area contributed by atoms with Crippen molar-refractivity contribution in [3.8, 4) is 0 Å². The molecule has 0 saturated heterocycles. The van der Waals surface area contributed by atoms with Gasteiger partial charge in [0.2, 0.25) is 0 Å². The lowest BCUT2D eigenvalue weighted by Crippen LogP contribution is -2.09. The lowest BCUT2D eigenvalue weighted by Gasteiger charge is -2.09. The van der Waals surface area contributed by atoms with E-state index in [-0.39, 0.29) is 4.90 Å². The third-order valence-corrected chi connectivity index (χ3v) is 2.48. The van der Waals surface area contributed by atoms with Crippen molar-refractivity contribution >= 4 is 10.8 Å². The van der Waals surface area contributed by atoms with E-state index in [1.807, 2.05) is 0 Å². The number of hydrogen-bond acceptors (Lipinski definition) is 1. The molecule has 0 saturated carbocycles. The Bertz CT molecular complexity index is 332. The summed E-state index contributed by atoms with van der Waals surface area (Å²) in [5, 5.41) is 0. The van der Waals surface area contributed by atoms with Crippen molar-refractivity contribution in [2.75, 3.05) is 6.26 Å². The molecule has 0 aliphatic rings. The Morgan fingerprint density at radius 2 is 1.77 bits per heavy atom. The van der Waals surface area contributed by atoms with Crippen LogP contribution in [0.5, 0.6) is 0 Å². The molecule has 13 heavy (non-hydrogen) atoms. The van der Waals surface area contributed by atoms with Crippen molar-refractivity contribution in [3.63, 3.8) is 0 Å². The van der Waals surface area contributed by atoms with E-state index < -0.39 is 22.5 Å². The van der Waals surface area contributed by atoms with Gasteiger partial charge in [0, 0.05) is 6.26 Å². The fraction of sp³-hybridized carbons (Fsp3) is 0.250. The zero-order valence-electron chi connectivity index (χ0n) is 6.76. The van der Waals surface area contributed by atoms with Gasteiger partial charge in [-0.2, -0.15) is 13.2 Å². The summed E-state index contributed by atoms with van der Waals surface area (Å²) < 4.78 is 47.7. The highest BCUT2D eigenvalue weighted by molar-refractivity contribution is 7.84. The van der Waals surface area contributed by atoms with Crippen LogP contribution in [0.4, 0.5) is 13.2 Å². The second-order valence-corrected chi connectivity index (χ2v) is 3.80. The van der Waals surface area contributed by atoms with Crippen molar-refractivity contribution < 1.29 is 17.4 Å². The molecule has 1 aromatic rings. The molecule has 1 aromatic carbocycles. The number of rotatable bonds is 1. The van der Waals surface area contributed by atoms with E-state index in [4.69, 9.17) is 0 Å². The lowest BCUT2D eigenvalue weighted by atomic mass is 10.2. The highest BCUT2D eigenvalue weighted by atomic mass is 32.2. The Hall–Kier alpha value is -0.840. The van der Waals surface area contributed by atoms with E-state index in [9.17, 15) is 17.4 Å². The zero-order valence-corrected chi connectivity index (χ0v) is 7.58. The molecule has 0 heterocycles. The molecule has 0 fully saturated rings. The van der Waals surface area contributed by atoms with Gasteiger partial charge in [-0.05, 0) is 12.1 Å². The fourth-order valence-corrected chi connectivity index (χ4v) is 1.72. The van der Waals surface area contributed by atoms with Gasteiger partial charge >= 0.3 is 6.18 Å². The van der Waals surface area contributed by atoms with Crippen LogP contribution >= 0.6 is 0 Å². The predicted molar refractivity (Wildman–Crippen MR) is 43.8 cm³/mol. The highest BCUT2D eigenvalue weighted by Gasteiger charge is 2.33. The van der Waals surface area contributed by atoms with Crippen LogP contribution in [0.25, 0.3) is 0 Å². The Balaban J connectivity index is 3.28. The van der Waals surface area contributed by atoms with Crippen LogP contribution in [-0.2, 0) is 17.0 Å². The van der Waals surface area contributed by atoms with Crippen LogP contribution in [0.1, 0.15) is 5.56 Å². The minimum Gasteiger partial charge on any atom is -0.255 e. The first kappa shape index (κ1) is 10.2. The summed E-state index contributed by atoms with van der Waals surface area (Å²) in [6.45, 7) is 0. The molecule has 5 heteroatoms. The summed E-state index contributed by atoms with van der Waals surface area (Å²) in [6.07, 6.45) is -3.20. The average molecular weight is 208 g/mol. The normalized spacial score (nSPS) is 14.2. The molecule has 0 unspecified atom stereocenters. The van der Waals surface area contributed by atoms with Gasteiger partial charge in [-0.15, -0.1) is 0 Å². The van der Waals surface area contributed by atoms with E-state index >= 15 is 0 Å². The SMILES string of the molecule is C[S@](=O)c1ccccc1C(F)(F)F. The topological polar surface area (TPSA) is 17.1 Å². The average Bonchev–Trinajstić information content (AvgIpc) is 2.03. The van der Waals surface area contributed by atoms with Crippen LogP contribution in [0, 0.1) is 0 Å². The van der Waals surface area contributed by atoms with E-state index in [2.05, 4.69) is 0 Å². The van der Waals surface area contributed by atoms with Crippen LogP contribution < -0.4 is 0 Å². The van der Waals surface area contributed by atoms with Crippen molar-refractivity contribution in [1.82, 2.24) is 0 Å². The van der Waals surface area contributed by atoms with Gasteiger partial charge in [0.05, 0.1) is 21.3 Å². The van der Waals surface area contributed by atoms with E-state index in [0.717, 1.165) is 6.07 Å². The van der Waals surface area contributed by atoms with Gasteiger partial charge in [-0.1, -0.05) is 12.1 Å². The molecule has 0 amide bonds. The number of alkyl halides is 3. The first-order chi connectivity index (χ1) is 5.93. The first-order valence-corrected chi connectivity index (χ1v) is 4.98. The van der Waals surface area contributed by atoms with E-state index in [1.54, 1.807) is 0 Å². The molecular formula is C8H7F3OS. The minimum absolute atomic E-state index is 0.171. The summed E-state index contributed by atoms with van der Waals surface area (Å²) in [5.74, 6) is 0. The smallest absolute Gasteiger partial charge is 0.255 e. The van der Waals surface area contributed by atoms with Gasteiger partial charge in [0.15, 0.2) is 0 Å². The Morgan fingerprint density at radius 3 is 2.15 bits per heavy atom. The first-order valence-electron chi connectivity index (χ1n) is 3.42. The van der Waals surface area contributed by atoms with Crippen LogP contribution in [0.15, 0.2) is 29.2 Å². The summed E-state index contributed by atoms with van der Waals surface area (Å²) in [5.41, 5.74) is -0.823. The summed E-state index contributed by atoms with van der Waals surface area (Å²) >= 11 is 0. The van der Waals surface area contributed by atoms with Gasteiger partial charge < -0.3 is 0 Å². The largest absolute Gasteiger partial charge is 0.417 e. The Kier molecular flexibility index (Phi) is 2.75. The molecule has 0 N–H and O–H groups in total. The maximum absolute atomic E-state index is 12.3. The third-order valence-electron chi connectivity index (χ3n) is 1.50. The number of halogens is 3. The lowest BCUT2D eigenvalue weighted by molar-refractivity contribution is -0.139. The molecule has 0 spiro atoms. The Labute approximate surface area is 76.0 Å². The van der Waals surface area contributed by atoms with Gasteiger partial charge in [-0.25, -0.2) is 0 Å². The Morgan fingerprint density at radius 1 is 1.23 bits per heavy atom. The molecule has 0 bridgehead atoms. The quantitative estimate of drug-likeness (QED) is 0.692. The van der Waals surface area contributed by atoms with Gasteiger partial charge in [-0.3, -0.25) is 4.21 Å². The standard InChI is InChI=1S/C8H7F3OS/c1-13(12)7-5-3-2-4-6(7)8(9,10)11/h2-5H,1H3/t13-/m0/s1. The number of benzene rings is 1. The van der Waals surface area contributed by atoms with Gasteiger partial charge in [0.1, 0.15) is 0 Å². The summed E-state index contributed by atoms with van der Waals surface area (Å²) in [6, 6.07) is 4.86. The predicted octanol–water partition coefficient (Wildman–Crippen LogP) is 2.44. The van der Waals surface area contributed by atoms with Crippen molar-refractivity contribution in [1.29, 1.82) is 0 Å². The molecule has 0 aliphatic heterocycles. The highest BCUT2D eigenvalue weighted by Crippen LogP contribution is 2.32. The van der Waals surface area contributed by atoms with Crippen molar-refractivity contribution in [2.24, 2.45) is 0 Å². The second kappa shape index (κ2) is 3.49. The molecule has 1 nitrogen and oxygen atoms in total. The fourth-order valence-electron chi connectivity index (χ4n) is 0.951. The minimum atomic E-state index is -4.43. The van der Waals surface area contributed by atoms with Crippen LogP contribution in [-0.4, -0.2) is 10.5 Å². The molecule has 0 aromatic heterocycles. The summed E-state index contributed by atoms with van der Waals surface area (Å²) in [7, 11) is -1.61. The van der Waals surface area contributed by atoms with Gasteiger partial charge in [0.25, 0.3) is 0 Å². The molecule has 0 aliphatic carbocycles. The number of hydrogen-bond donors (Lipinski definition) is 0. The van der Waals surface area contributed by atoms with E-state index in [0.29, 0.717) is 0 Å². The molecule has 72 valence electrons. The molecular weight excluding hydrogens is 201 g/mol. The van der Waals surface area contributed by atoms with Crippen molar-refractivity contribution in [2.45, 2.75) is 11.1 Å². The molecule has 1 atom stereocenters. The molecule has 1 rings (SSSR count). The zero-order chi connectivity index (χ0) is 10.1. The summed E-state index contributed by atoms with van der Waals surface area (Å²) in [4.78, 5) is -0.171. The maximum atomic E-state index is 12.3. The second-order valence-electron chi connectivity index (χ2n) is 2.45. The van der Waals surface area contributed by atoms with Crippen molar-refractivity contribution in [3.05, 3.63) is 29.8 Å². The monoisotopic (exact) mass is 208 g/mol. The van der Waals surface area contributed by atoms with E-state index in [1.165, 1.54) is 24.5 Å². The molecule has 0 radical (unpaired) electrons. The van der Waals surface area contributed by atoms with Crippen LogP contribution in [0.3, 0.4) is 0 Å². The maximum Gasteiger partial charge on any atom is 0.417 e.